The first-order valence-corrected chi connectivity index (χ1v) is 7.56. The second kappa shape index (κ2) is 9.19. The monoisotopic (exact) mass is 329 g/mol. The predicted molar refractivity (Wildman–Crippen MR) is 89.2 cm³/mol. The lowest BCUT2D eigenvalue weighted by Crippen LogP contribution is -2.15. The first kappa shape index (κ1) is 17.3. The molecular formula is C18H19NO5. The van der Waals surface area contributed by atoms with Gasteiger partial charge in [-0.3, -0.25) is 5.32 Å². The van der Waals surface area contributed by atoms with Gasteiger partial charge in [-0.15, -0.1) is 0 Å². The summed E-state index contributed by atoms with van der Waals surface area (Å²) in [6.07, 6.45) is -0.734. The van der Waals surface area contributed by atoms with Gasteiger partial charge >= 0.3 is 12.2 Å². The number of carbonyl (C=O) groups excluding carboxylic acids is 1. The molecule has 0 unspecified atom stereocenters. The molecule has 0 fully saturated rings. The molecule has 2 aromatic rings. The van der Waals surface area contributed by atoms with E-state index < -0.39 is 12.2 Å². The maximum absolute atomic E-state index is 11.8. The third-order valence-electron chi connectivity index (χ3n) is 3.26. The van der Waals surface area contributed by atoms with Crippen LogP contribution in [0.25, 0.3) is 0 Å². The van der Waals surface area contributed by atoms with Gasteiger partial charge in [0, 0.05) is 18.5 Å². The molecule has 0 aliphatic carbocycles. The van der Waals surface area contributed by atoms with Crippen molar-refractivity contribution in [2.24, 2.45) is 0 Å². The first-order chi connectivity index (χ1) is 11.6. The molecule has 0 bridgehead atoms. The van der Waals surface area contributed by atoms with Gasteiger partial charge in [0.05, 0.1) is 13.2 Å². The Kier molecular flexibility index (Phi) is 6.64. The maximum atomic E-state index is 11.8. The summed E-state index contributed by atoms with van der Waals surface area (Å²) < 4.78 is 9.62. The van der Waals surface area contributed by atoms with Crippen LogP contribution in [0.1, 0.15) is 11.1 Å². The van der Waals surface area contributed by atoms with Crippen molar-refractivity contribution in [3.63, 3.8) is 0 Å². The fourth-order valence-corrected chi connectivity index (χ4v) is 2.12. The molecule has 0 saturated heterocycles. The molecule has 0 aromatic heterocycles. The highest BCUT2D eigenvalue weighted by atomic mass is 16.7. The van der Waals surface area contributed by atoms with Gasteiger partial charge in [-0.1, -0.05) is 42.5 Å². The van der Waals surface area contributed by atoms with Gasteiger partial charge in [-0.2, -0.15) is 0 Å². The molecule has 24 heavy (non-hydrogen) atoms. The molecule has 1 amide bonds. The summed E-state index contributed by atoms with van der Waals surface area (Å²) in [5, 5.41) is 11.1. The van der Waals surface area contributed by atoms with Crippen molar-refractivity contribution in [2.75, 3.05) is 18.5 Å². The van der Waals surface area contributed by atoms with E-state index >= 15 is 0 Å². The molecule has 0 aliphatic heterocycles. The minimum absolute atomic E-state index is 0.0698. The zero-order chi connectivity index (χ0) is 17.2. The Hall–Kier alpha value is -3.02. The number of hydrogen-bond acceptors (Lipinski definition) is 4. The van der Waals surface area contributed by atoms with Crippen LogP contribution in [0, 0.1) is 0 Å². The maximum Gasteiger partial charge on any atom is 0.505 e. The Bertz CT molecular complexity index is 672. The van der Waals surface area contributed by atoms with Gasteiger partial charge in [-0.05, 0) is 23.3 Å². The van der Waals surface area contributed by atoms with Gasteiger partial charge in [0.2, 0.25) is 0 Å². The average Bonchev–Trinajstić information content (AvgIpc) is 2.56. The summed E-state index contributed by atoms with van der Waals surface area (Å²) in [6.45, 7) is 0.363. The lowest BCUT2D eigenvalue weighted by molar-refractivity contribution is 0.0927. The second-order valence-corrected chi connectivity index (χ2v) is 5.06. The van der Waals surface area contributed by atoms with E-state index in [-0.39, 0.29) is 6.61 Å². The lowest BCUT2D eigenvalue weighted by atomic mass is 10.1. The van der Waals surface area contributed by atoms with E-state index in [1.807, 2.05) is 36.4 Å². The molecular weight excluding hydrogens is 310 g/mol. The van der Waals surface area contributed by atoms with Crippen molar-refractivity contribution in [3.05, 3.63) is 65.7 Å². The molecule has 126 valence electrons. The van der Waals surface area contributed by atoms with E-state index in [0.29, 0.717) is 25.1 Å². The third-order valence-corrected chi connectivity index (χ3v) is 3.26. The summed E-state index contributed by atoms with van der Waals surface area (Å²) in [7, 11) is 0. The molecule has 0 spiro atoms. The quantitative estimate of drug-likeness (QED) is 0.756. The first-order valence-electron chi connectivity index (χ1n) is 7.56. The van der Waals surface area contributed by atoms with Crippen LogP contribution < -0.4 is 5.32 Å². The minimum Gasteiger partial charge on any atom is -0.450 e. The Labute approximate surface area is 140 Å². The van der Waals surface area contributed by atoms with Crippen LogP contribution in [0.15, 0.2) is 54.6 Å². The highest BCUT2D eigenvalue weighted by Gasteiger charge is 2.05. The zero-order valence-electron chi connectivity index (χ0n) is 13.1. The summed E-state index contributed by atoms with van der Waals surface area (Å²) in [5.74, 6) is 0. The predicted octanol–water partition coefficient (Wildman–Crippen LogP) is 3.71. The van der Waals surface area contributed by atoms with Crippen LogP contribution in [0.3, 0.4) is 0 Å². The molecule has 6 heteroatoms. The Balaban J connectivity index is 1.75. The number of anilines is 1. The Morgan fingerprint density at radius 2 is 1.54 bits per heavy atom. The molecule has 0 radical (unpaired) electrons. The van der Waals surface area contributed by atoms with E-state index in [9.17, 15) is 9.59 Å². The van der Waals surface area contributed by atoms with E-state index in [4.69, 9.17) is 9.84 Å². The number of nitrogens with one attached hydrogen (secondary N) is 1. The number of carbonyl (C=O) groups is 2. The van der Waals surface area contributed by atoms with E-state index in [2.05, 4.69) is 10.1 Å². The smallest absolute Gasteiger partial charge is 0.450 e. The number of hydrogen-bond donors (Lipinski definition) is 2. The number of amides is 1. The molecule has 0 atom stereocenters. The fourth-order valence-electron chi connectivity index (χ4n) is 2.12. The number of ether oxygens (including phenoxy) is 2. The highest BCUT2D eigenvalue weighted by molar-refractivity contribution is 5.84. The van der Waals surface area contributed by atoms with Crippen molar-refractivity contribution >= 4 is 17.9 Å². The van der Waals surface area contributed by atoms with Crippen molar-refractivity contribution in [1.29, 1.82) is 0 Å². The average molecular weight is 329 g/mol. The molecule has 2 N–H and O–H groups in total. The standard InChI is InChI=1S/C18H19NO5/c20-17(23-11-9-14-5-2-1-3-6-14)19-16-8-4-7-15(13-16)10-12-24-18(21)22/h1-8,13H,9-12H2,(H,19,20)(H,21,22). The summed E-state index contributed by atoms with van der Waals surface area (Å²) in [6, 6.07) is 16.9. The van der Waals surface area contributed by atoms with Gasteiger partial charge in [0.15, 0.2) is 0 Å². The molecule has 2 aromatic carbocycles. The van der Waals surface area contributed by atoms with Crippen LogP contribution in [0.5, 0.6) is 0 Å². The lowest BCUT2D eigenvalue weighted by Gasteiger charge is -2.08. The van der Waals surface area contributed by atoms with Crippen LogP contribution in [0.2, 0.25) is 0 Å². The fraction of sp³-hybridized carbons (Fsp3) is 0.222. The summed E-state index contributed by atoms with van der Waals surface area (Å²) >= 11 is 0. The molecule has 6 nitrogen and oxygen atoms in total. The van der Waals surface area contributed by atoms with Gasteiger partial charge < -0.3 is 14.6 Å². The van der Waals surface area contributed by atoms with Crippen LogP contribution >= 0.6 is 0 Å². The van der Waals surface area contributed by atoms with Gasteiger partial charge in [-0.25, -0.2) is 9.59 Å². The Morgan fingerprint density at radius 3 is 2.29 bits per heavy atom. The molecule has 0 heterocycles. The number of benzene rings is 2. The van der Waals surface area contributed by atoms with Crippen molar-refractivity contribution in [1.82, 2.24) is 0 Å². The van der Waals surface area contributed by atoms with Gasteiger partial charge in [0.25, 0.3) is 0 Å². The van der Waals surface area contributed by atoms with Gasteiger partial charge in [0.1, 0.15) is 0 Å². The van der Waals surface area contributed by atoms with Crippen LogP contribution in [-0.4, -0.2) is 30.6 Å². The largest absolute Gasteiger partial charge is 0.505 e. The topological polar surface area (TPSA) is 84.9 Å². The van der Waals surface area contributed by atoms with Crippen molar-refractivity contribution in [3.8, 4) is 0 Å². The zero-order valence-corrected chi connectivity index (χ0v) is 13.1. The van der Waals surface area contributed by atoms with E-state index in [1.54, 1.807) is 18.2 Å². The minimum atomic E-state index is -1.30. The SMILES string of the molecule is O=C(O)OCCc1cccc(NC(=O)OCCc2ccccc2)c1. The Morgan fingerprint density at radius 1 is 0.875 bits per heavy atom. The van der Waals surface area contributed by atoms with Crippen LogP contribution in [0.4, 0.5) is 15.3 Å². The van der Waals surface area contributed by atoms with E-state index in [0.717, 1.165) is 11.1 Å². The third kappa shape index (κ3) is 6.39. The molecule has 2 rings (SSSR count). The van der Waals surface area contributed by atoms with E-state index in [1.165, 1.54) is 0 Å². The van der Waals surface area contributed by atoms with Crippen LogP contribution in [-0.2, 0) is 22.3 Å². The summed E-state index contributed by atoms with van der Waals surface area (Å²) in [5.41, 5.74) is 2.55. The molecule has 0 aliphatic rings. The van der Waals surface area contributed by atoms with Crippen molar-refractivity contribution in [2.45, 2.75) is 12.8 Å². The summed E-state index contributed by atoms with van der Waals surface area (Å²) in [4.78, 5) is 22.1. The number of rotatable bonds is 7. The molecule has 0 saturated carbocycles. The highest BCUT2D eigenvalue weighted by Crippen LogP contribution is 2.12. The number of carboxylic acid groups (broad SMARTS) is 1. The van der Waals surface area contributed by atoms with Crippen molar-refractivity contribution < 1.29 is 24.2 Å². The second-order valence-electron chi connectivity index (χ2n) is 5.06. The normalized spacial score (nSPS) is 10.0.